The van der Waals surface area contributed by atoms with E-state index in [1.165, 1.54) is 42.7 Å². The molecule has 0 unspecified atom stereocenters. The third-order valence-electron chi connectivity index (χ3n) is 4.44. The van der Waals surface area contributed by atoms with Crippen LogP contribution in [0.1, 0.15) is 10.4 Å². The molecule has 8 nitrogen and oxygen atoms in total. The fourth-order valence-corrected chi connectivity index (χ4v) is 4.64. The van der Waals surface area contributed by atoms with E-state index in [4.69, 9.17) is 4.74 Å². The van der Waals surface area contributed by atoms with Crippen molar-refractivity contribution in [2.75, 3.05) is 17.1 Å². The van der Waals surface area contributed by atoms with Crippen LogP contribution in [0.3, 0.4) is 0 Å². The third-order valence-corrected chi connectivity index (χ3v) is 6.58. The highest BCUT2D eigenvalue weighted by molar-refractivity contribution is 7.92. The van der Waals surface area contributed by atoms with Gasteiger partial charge in [-0.2, -0.15) is 0 Å². The van der Waals surface area contributed by atoms with E-state index in [9.17, 15) is 13.2 Å². The number of nitrogens with one attached hydrogen (secondary N) is 2. The Hall–Kier alpha value is -3.76. The molecule has 162 valence electrons. The largest absolute Gasteiger partial charge is 0.497 e. The molecular weight excluding hydrogens is 448 g/mol. The average Bonchev–Trinajstić information content (AvgIpc) is 3.28. The molecule has 0 spiro atoms. The van der Waals surface area contributed by atoms with Crippen LogP contribution in [-0.4, -0.2) is 31.4 Å². The zero-order chi connectivity index (χ0) is 22.6. The molecular formula is C22H18N4O4S2. The van der Waals surface area contributed by atoms with E-state index in [0.29, 0.717) is 22.3 Å². The molecule has 4 aromatic rings. The van der Waals surface area contributed by atoms with Gasteiger partial charge < -0.3 is 4.74 Å². The first kappa shape index (κ1) is 21.5. The van der Waals surface area contributed by atoms with Crippen LogP contribution in [-0.2, 0) is 10.0 Å². The minimum absolute atomic E-state index is 0.0495. The number of carbonyl (C=O) groups is 1. The van der Waals surface area contributed by atoms with E-state index in [2.05, 4.69) is 20.0 Å². The lowest BCUT2D eigenvalue weighted by Gasteiger charge is -2.12. The molecule has 2 aromatic carbocycles. The number of hydrogen-bond donors (Lipinski definition) is 2. The van der Waals surface area contributed by atoms with Crippen LogP contribution >= 0.6 is 11.3 Å². The highest BCUT2D eigenvalue weighted by atomic mass is 32.2. The quantitative estimate of drug-likeness (QED) is 0.421. The van der Waals surface area contributed by atoms with Crippen LogP contribution in [0.5, 0.6) is 5.75 Å². The van der Waals surface area contributed by atoms with Gasteiger partial charge in [-0.05, 0) is 48.5 Å². The number of rotatable bonds is 7. The maximum atomic E-state index is 12.9. The van der Waals surface area contributed by atoms with Gasteiger partial charge in [-0.25, -0.2) is 13.4 Å². The van der Waals surface area contributed by atoms with Crippen molar-refractivity contribution < 1.29 is 17.9 Å². The second kappa shape index (κ2) is 9.16. The van der Waals surface area contributed by atoms with Gasteiger partial charge in [0, 0.05) is 11.6 Å². The Bertz CT molecular complexity index is 1340. The van der Waals surface area contributed by atoms with E-state index in [1.807, 2.05) is 18.2 Å². The summed E-state index contributed by atoms with van der Waals surface area (Å²) in [6.45, 7) is 0. The monoisotopic (exact) mass is 466 g/mol. The number of benzene rings is 2. The number of pyridine rings is 1. The van der Waals surface area contributed by atoms with E-state index >= 15 is 0 Å². The van der Waals surface area contributed by atoms with Crippen molar-refractivity contribution in [2.24, 2.45) is 0 Å². The van der Waals surface area contributed by atoms with Crippen molar-refractivity contribution in [3.05, 3.63) is 83.9 Å². The molecule has 10 heteroatoms. The molecule has 0 saturated carbocycles. The van der Waals surface area contributed by atoms with E-state index in [-0.39, 0.29) is 16.1 Å². The topological polar surface area (TPSA) is 110 Å². The van der Waals surface area contributed by atoms with Gasteiger partial charge in [0.2, 0.25) is 0 Å². The summed E-state index contributed by atoms with van der Waals surface area (Å²) in [6, 6.07) is 17.8. The van der Waals surface area contributed by atoms with Gasteiger partial charge in [-0.1, -0.05) is 18.2 Å². The normalized spacial score (nSPS) is 11.0. The third kappa shape index (κ3) is 4.76. The first-order valence-electron chi connectivity index (χ1n) is 9.40. The highest BCUT2D eigenvalue weighted by Gasteiger charge is 2.19. The minimum Gasteiger partial charge on any atom is -0.497 e. The van der Waals surface area contributed by atoms with Crippen LogP contribution in [0.15, 0.2) is 83.2 Å². The van der Waals surface area contributed by atoms with Gasteiger partial charge in [-0.15, -0.1) is 11.3 Å². The first-order valence-corrected chi connectivity index (χ1v) is 11.8. The summed E-state index contributed by atoms with van der Waals surface area (Å²) in [6.07, 6.45) is 1.66. The number of hydrogen-bond acceptors (Lipinski definition) is 7. The molecule has 32 heavy (non-hydrogen) atoms. The SMILES string of the molecule is COc1ccc(S(=O)(=O)Nc2ccccc2C(=O)Nc2nc(-c3ccccn3)cs2)cc1. The predicted molar refractivity (Wildman–Crippen MR) is 124 cm³/mol. The molecule has 0 bridgehead atoms. The van der Waals surface area contributed by atoms with Crippen LogP contribution in [0.4, 0.5) is 10.8 Å². The summed E-state index contributed by atoms with van der Waals surface area (Å²) in [5, 5.41) is 4.88. The molecule has 0 aliphatic rings. The standard InChI is InChI=1S/C22H18N4O4S2/c1-30-15-9-11-16(12-10-15)32(28,29)26-18-7-3-2-6-17(18)21(27)25-22-24-20(14-31-22)19-8-4-5-13-23-19/h2-14,26H,1H3,(H,24,25,27). The molecule has 0 atom stereocenters. The summed E-state index contributed by atoms with van der Waals surface area (Å²) < 4.78 is 33.1. The lowest BCUT2D eigenvalue weighted by molar-refractivity contribution is 0.102. The Labute approximate surface area is 189 Å². The number of anilines is 2. The maximum absolute atomic E-state index is 12.9. The van der Waals surface area contributed by atoms with Gasteiger partial charge in [0.15, 0.2) is 5.13 Å². The van der Waals surface area contributed by atoms with E-state index in [1.54, 1.807) is 35.8 Å². The number of sulfonamides is 1. The molecule has 2 aromatic heterocycles. The van der Waals surface area contributed by atoms with Crippen molar-refractivity contribution in [1.29, 1.82) is 0 Å². The summed E-state index contributed by atoms with van der Waals surface area (Å²) in [7, 11) is -2.41. The number of aromatic nitrogens is 2. The average molecular weight is 467 g/mol. The lowest BCUT2D eigenvalue weighted by atomic mass is 10.2. The number of amides is 1. The Morgan fingerprint density at radius 3 is 2.44 bits per heavy atom. The second-order valence-corrected chi connectivity index (χ2v) is 9.07. The predicted octanol–water partition coefficient (Wildman–Crippen LogP) is 4.27. The highest BCUT2D eigenvalue weighted by Crippen LogP contribution is 2.26. The van der Waals surface area contributed by atoms with E-state index < -0.39 is 15.9 Å². The van der Waals surface area contributed by atoms with Crippen molar-refractivity contribution in [3.8, 4) is 17.1 Å². The van der Waals surface area contributed by atoms with Crippen LogP contribution < -0.4 is 14.8 Å². The van der Waals surface area contributed by atoms with Gasteiger partial charge in [0.25, 0.3) is 15.9 Å². The van der Waals surface area contributed by atoms with Gasteiger partial charge in [-0.3, -0.25) is 19.8 Å². The summed E-state index contributed by atoms with van der Waals surface area (Å²) in [5.41, 5.74) is 1.65. The van der Waals surface area contributed by atoms with Gasteiger partial charge >= 0.3 is 0 Å². The Kier molecular flexibility index (Phi) is 6.15. The molecule has 0 aliphatic carbocycles. The number of carbonyl (C=O) groups excluding carboxylic acids is 1. The van der Waals surface area contributed by atoms with Gasteiger partial charge in [0.05, 0.1) is 29.0 Å². The fourth-order valence-electron chi connectivity index (χ4n) is 2.86. The molecule has 0 saturated heterocycles. The Balaban J connectivity index is 1.54. The molecule has 0 aliphatic heterocycles. The van der Waals surface area contributed by atoms with Crippen molar-refractivity contribution in [3.63, 3.8) is 0 Å². The molecule has 4 rings (SSSR count). The summed E-state index contributed by atoms with van der Waals surface area (Å²) in [4.78, 5) is 21.6. The zero-order valence-corrected chi connectivity index (χ0v) is 18.5. The molecule has 1 amide bonds. The second-order valence-electron chi connectivity index (χ2n) is 6.53. The number of nitrogens with zero attached hydrogens (tertiary/aromatic N) is 2. The van der Waals surface area contributed by atoms with Crippen LogP contribution in [0, 0.1) is 0 Å². The molecule has 2 heterocycles. The van der Waals surface area contributed by atoms with Crippen molar-refractivity contribution in [1.82, 2.24) is 9.97 Å². The van der Waals surface area contributed by atoms with Crippen molar-refractivity contribution >= 4 is 38.1 Å². The number of ether oxygens (including phenoxy) is 1. The number of thiazole rings is 1. The number of methoxy groups -OCH3 is 1. The molecule has 0 radical (unpaired) electrons. The van der Waals surface area contributed by atoms with Crippen molar-refractivity contribution in [2.45, 2.75) is 4.90 Å². The molecule has 2 N–H and O–H groups in total. The summed E-state index contributed by atoms with van der Waals surface area (Å²) >= 11 is 1.25. The smallest absolute Gasteiger partial charge is 0.261 e. The summed E-state index contributed by atoms with van der Waals surface area (Å²) in [5.74, 6) is 0.0530. The number of para-hydroxylation sites is 1. The lowest BCUT2D eigenvalue weighted by Crippen LogP contribution is -2.18. The fraction of sp³-hybridized carbons (Fsp3) is 0.0455. The van der Waals surface area contributed by atoms with Crippen LogP contribution in [0.2, 0.25) is 0 Å². The van der Waals surface area contributed by atoms with Gasteiger partial charge in [0.1, 0.15) is 11.4 Å². The minimum atomic E-state index is -3.91. The Morgan fingerprint density at radius 1 is 0.969 bits per heavy atom. The maximum Gasteiger partial charge on any atom is 0.261 e. The Morgan fingerprint density at radius 2 is 1.72 bits per heavy atom. The zero-order valence-electron chi connectivity index (χ0n) is 16.8. The van der Waals surface area contributed by atoms with E-state index in [0.717, 1.165) is 0 Å². The molecule has 0 fully saturated rings. The van der Waals surface area contributed by atoms with Crippen LogP contribution in [0.25, 0.3) is 11.4 Å². The first-order chi connectivity index (χ1) is 15.5.